The first-order valence-electron chi connectivity index (χ1n) is 12.9. The van der Waals surface area contributed by atoms with Crippen LogP contribution in [-0.2, 0) is 11.0 Å². The van der Waals surface area contributed by atoms with Gasteiger partial charge in [0.2, 0.25) is 11.8 Å². The first-order chi connectivity index (χ1) is 18.1. The zero-order valence-electron chi connectivity index (χ0n) is 21.2. The minimum atomic E-state index is -4.81. The SMILES string of the molecule is CCCC(=O)N1CCN(c2cccc(O[C@H]3CC[C@H](Nc4ccc([N+](=O)[O-])c(C(F)(F)F)c4)CC3)n2)CC1. The van der Waals surface area contributed by atoms with E-state index in [0.717, 1.165) is 24.4 Å². The maximum Gasteiger partial charge on any atom is 0.423 e. The van der Waals surface area contributed by atoms with Gasteiger partial charge >= 0.3 is 6.18 Å². The molecule has 1 aliphatic heterocycles. The molecule has 38 heavy (non-hydrogen) atoms. The zero-order valence-corrected chi connectivity index (χ0v) is 21.2. The van der Waals surface area contributed by atoms with E-state index >= 15 is 0 Å². The third kappa shape index (κ3) is 6.84. The van der Waals surface area contributed by atoms with Crippen molar-refractivity contribution >= 4 is 23.1 Å². The highest BCUT2D eigenvalue weighted by molar-refractivity contribution is 5.76. The highest BCUT2D eigenvalue weighted by Gasteiger charge is 2.38. The van der Waals surface area contributed by atoms with E-state index in [4.69, 9.17) is 4.74 Å². The number of hydrogen-bond donors (Lipinski definition) is 1. The van der Waals surface area contributed by atoms with Crippen LogP contribution in [0.5, 0.6) is 5.88 Å². The second-order valence-electron chi connectivity index (χ2n) is 9.67. The predicted octanol–water partition coefficient (Wildman–Crippen LogP) is 5.26. The number of carbonyl (C=O) groups excluding carboxylic acids is 1. The lowest BCUT2D eigenvalue weighted by Crippen LogP contribution is -2.49. The number of hydrogen-bond acceptors (Lipinski definition) is 7. The van der Waals surface area contributed by atoms with E-state index in [1.54, 1.807) is 0 Å². The third-order valence-electron chi connectivity index (χ3n) is 6.96. The van der Waals surface area contributed by atoms with Gasteiger partial charge in [-0.1, -0.05) is 13.0 Å². The van der Waals surface area contributed by atoms with E-state index in [-0.39, 0.29) is 23.7 Å². The van der Waals surface area contributed by atoms with Crippen LogP contribution in [0.1, 0.15) is 51.0 Å². The van der Waals surface area contributed by atoms with Gasteiger partial charge in [0, 0.05) is 56.5 Å². The van der Waals surface area contributed by atoms with Gasteiger partial charge in [-0.15, -0.1) is 0 Å². The number of anilines is 2. The third-order valence-corrected chi connectivity index (χ3v) is 6.96. The van der Waals surface area contributed by atoms with Crippen LogP contribution in [0.15, 0.2) is 36.4 Å². The lowest BCUT2D eigenvalue weighted by molar-refractivity contribution is -0.388. The van der Waals surface area contributed by atoms with Crippen molar-refractivity contribution in [2.45, 2.75) is 63.8 Å². The second-order valence-corrected chi connectivity index (χ2v) is 9.67. The molecule has 2 aromatic rings. The van der Waals surface area contributed by atoms with Crippen LogP contribution in [0, 0.1) is 10.1 Å². The van der Waals surface area contributed by atoms with Crippen LogP contribution in [0.25, 0.3) is 0 Å². The van der Waals surface area contributed by atoms with Crippen LogP contribution in [0.4, 0.5) is 30.4 Å². The number of nitrogens with zero attached hydrogens (tertiary/aromatic N) is 4. The Morgan fingerprint density at radius 1 is 1.13 bits per heavy atom. The highest BCUT2D eigenvalue weighted by atomic mass is 19.4. The van der Waals surface area contributed by atoms with Gasteiger partial charge in [-0.25, -0.2) is 0 Å². The van der Waals surface area contributed by atoms with Crippen LogP contribution in [0.2, 0.25) is 0 Å². The van der Waals surface area contributed by atoms with Gasteiger partial charge in [0.05, 0.1) is 4.92 Å². The molecule has 1 aliphatic carbocycles. The van der Waals surface area contributed by atoms with Crippen LogP contribution in [0.3, 0.4) is 0 Å². The van der Waals surface area contributed by atoms with Crippen molar-refractivity contribution in [1.82, 2.24) is 9.88 Å². The number of rotatable bonds is 8. The molecule has 0 atom stereocenters. The summed E-state index contributed by atoms with van der Waals surface area (Å²) in [5.41, 5.74) is -2.01. The van der Waals surface area contributed by atoms with E-state index in [2.05, 4.69) is 15.2 Å². The molecule has 1 saturated carbocycles. The Morgan fingerprint density at radius 3 is 2.47 bits per heavy atom. The number of carbonyl (C=O) groups is 1. The van der Waals surface area contributed by atoms with E-state index < -0.39 is 22.4 Å². The average Bonchev–Trinajstić information content (AvgIpc) is 2.89. The van der Waals surface area contributed by atoms with Crippen LogP contribution in [-0.4, -0.2) is 59.0 Å². The molecule has 206 valence electrons. The summed E-state index contributed by atoms with van der Waals surface area (Å²) in [6.45, 7) is 4.76. The quantitative estimate of drug-likeness (QED) is 0.364. The Kier molecular flexibility index (Phi) is 8.58. The minimum absolute atomic E-state index is 0.0663. The van der Waals surface area contributed by atoms with E-state index in [9.17, 15) is 28.1 Å². The Bertz CT molecular complexity index is 1130. The molecule has 0 radical (unpaired) electrons. The molecule has 12 heteroatoms. The smallest absolute Gasteiger partial charge is 0.423 e. The lowest BCUT2D eigenvalue weighted by atomic mass is 9.92. The predicted molar refractivity (Wildman–Crippen MR) is 136 cm³/mol. The largest absolute Gasteiger partial charge is 0.474 e. The Balaban J connectivity index is 1.29. The molecule has 1 saturated heterocycles. The molecule has 9 nitrogen and oxygen atoms in total. The number of nitro benzene ring substituents is 1. The topological polar surface area (TPSA) is 101 Å². The Hall–Kier alpha value is -3.57. The number of benzene rings is 1. The summed E-state index contributed by atoms with van der Waals surface area (Å²) in [6, 6.07) is 8.57. The number of aromatic nitrogens is 1. The van der Waals surface area contributed by atoms with Crippen molar-refractivity contribution < 1.29 is 27.6 Å². The number of nitro groups is 1. The van der Waals surface area contributed by atoms with Gasteiger partial charge in [-0.3, -0.25) is 14.9 Å². The second kappa shape index (κ2) is 11.9. The zero-order chi connectivity index (χ0) is 27.3. The Labute approximate surface area is 219 Å². The monoisotopic (exact) mass is 535 g/mol. The normalized spacial score (nSPS) is 20.2. The Morgan fingerprint density at radius 2 is 1.84 bits per heavy atom. The summed E-state index contributed by atoms with van der Waals surface area (Å²) >= 11 is 0. The van der Waals surface area contributed by atoms with Gasteiger partial charge in [-0.05, 0) is 50.3 Å². The molecule has 2 heterocycles. The molecule has 2 aliphatic rings. The van der Waals surface area contributed by atoms with E-state index in [1.807, 2.05) is 30.0 Å². The molecule has 1 aromatic heterocycles. The molecule has 1 amide bonds. The van der Waals surface area contributed by atoms with Gasteiger partial charge in [0.1, 0.15) is 17.5 Å². The van der Waals surface area contributed by atoms with Crippen molar-refractivity contribution in [2.75, 3.05) is 36.4 Å². The molecular formula is C26H32F3N5O4. The van der Waals surface area contributed by atoms with Gasteiger partial charge in [0.25, 0.3) is 5.69 Å². The summed E-state index contributed by atoms with van der Waals surface area (Å²) in [5.74, 6) is 1.52. The molecule has 0 unspecified atom stereocenters. The fourth-order valence-electron chi connectivity index (χ4n) is 4.95. The van der Waals surface area contributed by atoms with Crippen molar-refractivity contribution in [3.8, 4) is 5.88 Å². The number of amides is 1. The fourth-order valence-corrected chi connectivity index (χ4v) is 4.95. The summed E-state index contributed by atoms with van der Waals surface area (Å²) in [4.78, 5) is 30.8. The first-order valence-corrected chi connectivity index (χ1v) is 12.9. The van der Waals surface area contributed by atoms with Crippen LogP contribution < -0.4 is 15.0 Å². The fraction of sp³-hybridized carbons (Fsp3) is 0.538. The molecular weight excluding hydrogens is 503 g/mol. The molecule has 1 aromatic carbocycles. The van der Waals surface area contributed by atoms with Crippen molar-refractivity contribution in [1.29, 1.82) is 0 Å². The van der Waals surface area contributed by atoms with Gasteiger partial charge in [-0.2, -0.15) is 18.2 Å². The van der Waals surface area contributed by atoms with Crippen molar-refractivity contribution in [3.05, 3.63) is 52.1 Å². The van der Waals surface area contributed by atoms with Gasteiger partial charge in [0.15, 0.2) is 0 Å². The maximum atomic E-state index is 13.3. The molecule has 1 N–H and O–H groups in total. The number of ether oxygens (including phenoxy) is 1. The summed E-state index contributed by atoms with van der Waals surface area (Å²) in [7, 11) is 0. The maximum absolute atomic E-state index is 13.3. The van der Waals surface area contributed by atoms with Crippen molar-refractivity contribution in [3.63, 3.8) is 0 Å². The first kappa shape index (κ1) is 27.5. The average molecular weight is 536 g/mol. The number of piperazine rings is 1. The summed E-state index contributed by atoms with van der Waals surface area (Å²) in [5, 5.41) is 14.1. The minimum Gasteiger partial charge on any atom is -0.474 e. The lowest BCUT2D eigenvalue weighted by Gasteiger charge is -2.35. The molecule has 2 fully saturated rings. The van der Waals surface area contributed by atoms with Gasteiger partial charge < -0.3 is 19.9 Å². The molecule has 4 rings (SSSR count). The number of nitrogens with one attached hydrogen (secondary N) is 1. The van der Waals surface area contributed by atoms with E-state index in [0.29, 0.717) is 64.2 Å². The number of pyridine rings is 1. The molecule has 0 spiro atoms. The van der Waals surface area contributed by atoms with E-state index in [1.165, 1.54) is 6.07 Å². The standard InChI is InChI=1S/C26H32F3N5O4/c1-2-4-25(35)33-15-13-32(14-16-33)23-5-3-6-24(31-23)38-20-10-7-18(8-11-20)30-19-9-12-22(34(36)37)21(17-19)26(27,28)29/h3,5-6,9,12,17-18,20,30H,2,4,7-8,10-11,13-16H2,1H3/t18-,20-. The highest BCUT2D eigenvalue weighted by Crippen LogP contribution is 2.38. The van der Waals surface area contributed by atoms with Crippen molar-refractivity contribution in [2.24, 2.45) is 0 Å². The van der Waals surface area contributed by atoms with Crippen LogP contribution >= 0.6 is 0 Å². The summed E-state index contributed by atoms with van der Waals surface area (Å²) < 4.78 is 46.0. The number of halogens is 3. The summed E-state index contributed by atoms with van der Waals surface area (Å²) in [6.07, 6.45) is -0.723. The number of alkyl halides is 3. The molecule has 0 bridgehead atoms.